The first-order valence-electron chi connectivity index (χ1n) is 11.4. The summed E-state index contributed by atoms with van der Waals surface area (Å²) in [6, 6.07) is 12.4. The number of hydrogen-bond acceptors (Lipinski definition) is 5. The number of carbonyl (C=O) groups excluding carboxylic acids is 1. The molecule has 4 rings (SSSR count). The molecule has 0 radical (unpaired) electrons. The minimum atomic E-state index is -3.72. The normalized spacial score (nSPS) is 18.2. The SMILES string of the molecule is O=C(NCc1ccccc1CN1CCCCC1)c1cc(S(=O)(=O)N2CCOCC2)ccc1Cl. The van der Waals surface area contributed by atoms with E-state index in [9.17, 15) is 13.2 Å². The number of nitrogens with zero attached hydrogens (tertiary/aromatic N) is 2. The molecule has 0 aliphatic carbocycles. The molecule has 2 aromatic rings. The number of likely N-dealkylation sites (tertiary alicyclic amines) is 1. The summed E-state index contributed by atoms with van der Waals surface area (Å²) in [5.41, 5.74) is 2.39. The number of rotatable bonds is 7. The summed E-state index contributed by atoms with van der Waals surface area (Å²) in [5.74, 6) is -0.396. The summed E-state index contributed by atoms with van der Waals surface area (Å²) in [4.78, 5) is 15.5. The zero-order valence-electron chi connectivity index (χ0n) is 18.6. The number of amides is 1. The van der Waals surface area contributed by atoms with Gasteiger partial charge in [-0.05, 0) is 55.3 Å². The van der Waals surface area contributed by atoms with Crippen molar-refractivity contribution in [2.75, 3.05) is 39.4 Å². The van der Waals surface area contributed by atoms with E-state index in [1.165, 1.54) is 47.3 Å². The average molecular weight is 492 g/mol. The lowest BCUT2D eigenvalue weighted by Gasteiger charge is -2.27. The van der Waals surface area contributed by atoms with Crippen LogP contribution in [-0.4, -0.2) is 62.9 Å². The Labute approximate surface area is 200 Å². The number of ether oxygens (including phenoxy) is 1. The minimum Gasteiger partial charge on any atom is -0.379 e. The molecular weight excluding hydrogens is 462 g/mol. The van der Waals surface area contributed by atoms with E-state index in [0.717, 1.165) is 25.2 Å². The van der Waals surface area contributed by atoms with Gasteiger partial charge in [-0.15, -0.1) is 0 Å². The molecule has 2 aliphatic rings. The predicted octanol–water partition coefficient (Wildman–Crippen LogP) is 3.28. The molecule has 9 heteroatoms. The molecule has 2 fully saturated rings. The third kappa shape index (κ3) is 5.94. The van der Waals surface area contributed by atoms with Crippen molar-refractivity contribution in [2.45, 2.75) is 37.2 Å². The van der Waals surface area contributed by atoms with Crippen LogP contribution in [-0.2, 0) is 27.8 Å². The number of morpholine rings is 1. The van der Waals surface area contributed by atoms with Gasteiger partial charge in [0.1, 0.15) is 0 Å². The Kier molecular flexibility index (Phi) is 8.03. The first-order chi connectivity index (χ1) is 15.9. The molecule has 2 aliphatic heterocycles. The van der Waals surface area contributed by atoms with E-state index in [-0.39, 0.29) is 15.5 Å². The fourth-order valence-corrected chi connectivity index (χ4v) is 5.93. The Bertz CT molecular complexity index is 1080. The van der Waals surface area contributed by atoms with Gasteiger partial charge >= 0.3 is 0 Å². The summed E-state index contributed by atoms with van der Waals surface area (Å²) < 4.78 is 32.6. The molecule has 2 heterocycles. The number of halogens is 1. The fraction of sp³-hybridized carbons (Fsp3) is 0.458. The highest BCUT2D eigenvalue weighted by Gasteiger charge is 2.27. The highest BCUT2D eigenvalue weighted by atomic mass is 35.5. The summed E-state index contributed by atoms with van der Waals surface area (Å²) >= 11 is 6.27. The van der Waals surface area contributed by atoms with Gasteiger partial charge < -0.3 is 10.1 Å². The maximum absolute atomic E-state index is 13.0. The molecule has 2 aromatic carbocycles. The van der Waals surface area contributed by atoms with Crippen molar-refractivity contribution in [1.29, 1.82) is 0 Å². The number of piperidine rings is 1. The van der Waals surface area contributed by atoms with E-state index in [0.29, 0.717) is 32.8 Å². The summed E-state index contributed by atoms with van der Waals surface area (Å²) in [7, 11) is -3.72. The van der Waals surface area contributed by atoms with Gasteiger partial charge in [0.25, 0.3) is 5.91 Å². The molecule has 2 saturated heterocycles. The first-order valence-corrected chi connectivity index (χ1v) is 13.2. The van der Waals surface area contributed by atoms with E-state index >= 15 is 0 Å². The molecule has 0 spiro atoms. The van der Waals surface area contributed by atoms with Crippen LogP contribution in [0.5, 0.6) is 0 Å². The Morgan fingerprint density at radius 2 is 1.67 bits per heavy atom. The van der Waals surface area contributed by atoms with Gasteiger partial charge in [0.05, 0.1) is 28.7 Å². The standard InChI is InChI=1S/C24H30ClN3O4S/c25-23-9-8-21(33(30,31)28-12-14-32-15-13-28)16-22(23)24(29)26-17-19-6-2-3-7-20(19)18-27-10-4-1-5-11-27/h2-3,6-9,16H,1,4-5,10-15,17-18H2,(H,26,29). The van der Waals surface area contributed by atoms with Crippen molar-refractivity contribution >= 4 is 27.5 Å². The van der Waals surface area contributed by atoms with Gasteiger partial charge in [0.15, 0.2) is 0 Å². The molecule has 178 valence electrons. The van der Waals surface area contributed by atoms with Gasteiger partial charge in [-0.2, -0.15) is 4.31 Å². The lowest BCUT2D eigenvalue weighted by Crippen LogP contribution is -2.40. The summed E-state index contributed by atoms with van der Waals surface area (Å²) in [5, 5.41) is 3.14. The Morgan fingerprint density at radius 3 is 2.39 bits per heavy atom. The number of carbonyl (C=O) groups is 1. The van der Waals surface area contributed by atoms with Crippen LogP contribution in [0.1, 0.15) is 40.7 Å². The third-order valence-electron chi connectivity index (χ3n) is 6.19. The van der Waals surface area contributed by atoms with Crippen LogP contribution in [0.25, 0.3) is 0 Å². The second-order valence-electron chi connectivity index (χ2n) is 8.45. The van der Waals surface area contributed by atoms with Crippen molar-refractivity contribution in [3.05, 3.63) is 64.2 Å². The van der Waals surface area contributed by atoms with Gasteiger partial charge in [0, 0.05) is 26.2 Å². The van der Waals surface area contributed by atoms with E-state index in [2.05, 4.69) is 16.3 Å². The largest absolute Gasteiger partial charge is 0.379 e. The number of benzene rings is 2. The quantitative estimate of drug-likeness (QED) is 0.643. The fourth-order valence-electron chi connectivity index (χ4n) is 4.29. The molecule has 0 aromatic heterocycles. The summed E-state index contributed by atoms with van der Waals surface area (Å²) in [6.07, 6.45) is 3.73. The van der Waals surface area contributed by atoms with Gasteiger partial charge in [-0.25, -0.2) is 8.42 Å². The second kappa shape index (κ2) is 11.0. The van der Waals surface area contributed by atoms with E-state index in [4.69, 9.17) is 16.3 Å². The van der Waals surface area contributed by atoms with Gasteiger partial charge in [-0.1, -0.05) is 42.3 Å². The summed E-state index contributed by atoms with van der Waals surface area (Å²) in [6.45, 7) is 4.70. The molecule has 1 N–H and O–H groups in total. The zero-order chi connectivity index (χ0) is 23.3. The van der Waals surface area contributed by atoms with Crippen LogP contribution in [0, 0.1) is 0 Å². The molecule has 0 unspecified atom stereocenters. The average Bonchev–Trinajstić information content (AvgIpc) is 2.84. The van der Waals surface area contributed by atoms with Crippen LogP contribution in [0.15, 0.2) is 47.4 Å². The first kappa shape index (κ1) is 24.2. The third-order valence-corrected chi connectivity index (χ3v) is 8.41. The molecule has 33 heavy (non-hydrogen) atoms. The van der Waals surface area contributed by atoms with Gasteiger partial charge in [0.2, 0.25) is 10.0 Å². The lowest BCUT2D eigenvalue weighted by atomic mass is 10.0. The molecule has 0 bridgehead atoms. The highest BCUT2D eigenvalue weighted by Crippen LogP contribution is 2.24. The zero-order valence-corrected chi connectivity index (χ0v) is 20.2. The Hall–Kier alpha value is -1.97. The topological polar surface area (TPSA) is 79.0 Å². The van der Waals surface area contributed by atoms with E-state index in [1.807, 2.05) is 18.2 Å². The van der Waals surface area contributed by atoms with Crippen LogP contribution in [0.3, 0.4) is 0 Å². The van der Waals surface area contributed by atoms with Crippen LogP contribution < -0.4 is 5.32 Å². The van der Waals surface area contributed by atoms with Crippen molar-refractivity contribution < 1.29 is 17.9 Å². The molecule has 0 saturated carbocycles. The van der Waals surface area contributed by atoms with E-state index in [1.54, 1.807) is 0 Å². The minimum absolute atomic E-state index is 0.0597. The second-order valence-corrected chi connectivity index (χ2v) is 10.8. The van der Waals surface area contributed by atoms with E-state index < -0.39 is 15.9 Å². The lowest BCUT2D eigenvalue weighted by molar-refractivity contribution is 0.0730. The monoisotopic (exact) mass is 491 g/mol. The number of nitrogens with one attached hydrogen (secondary N) is 1. The smallest absolute Gasteiger partial charge is 0.253 e. The van der Waals surface area contributed by atoms with Crippen LogP contribution >= 0.6 is 11.6 Å². The predicted molar refractivity (Wildman–Crippen MR) is 128 cm³/mol. The Balaban J connectivity index is 1.46. The van der Waals surface area contributed by atoms with Crippen LogP contribution in [0.4, 0.5) is 0 Å². The van der Waals surface area contributed by atoms with Gasteiger partial charge in [-0.3, -0.25) is 9.69 Å². The molecule has 0 atom stereocenters. The van der Waals surface area contributed by atoms with Crippen molar-refractivity contribution in [3.63, 3.8) is 0 Å². The number of hydrogen-bond donors (Lipinski definition) is 1. The Morgan fingerprint density at radius 1 is 0.970 bits per heavy atom. The van der Waals surface area contributed by atoms with Crippen molar-refractivity contribution in [1.82, 2.24) is 14.5 Å². The van der Waals surface area contributed by atoms with Crippen molar-refractivity contribution in [2.24, 2.45) is 0 Å². The van der Waals surface area contributed by atoms with Crippen LogP contribution in [0.2, 0.25) is 5.02 Å². The maximum atomic E-state index is 13.0. The molecule has 7 nitrogen and oxygen atoms in total. The number of sulfonamides is 1. The molecule has 1 amide bonds. The highest BCUT2D eigenvalue weighted by molar-refractivity contribution is 7.89. The molecular formula is C24H30ClN3O4S. The maximum Gasteiger partial charge on any atom is 0.253 e. The van der Waals surface area contributed by atoms with Crippen molar-refractivity contribution in [3.8, 4) is 0 Å².